The maximum absolute atomic E-state index is 12.6. The van der Waals surface area contributed by atoms with Gasteiger partial charge in [-0.15, -0.1) is 0 Å². The average Bonchev–Trinajstić information content (AvgIpc) is 2.63. The molecule has 0 aromatic carbocycles. The lowest BCUT2D eigenvalue weighted by atomic mass is 9.97. The molecule has 0 aromatic rings. The number of hydrogen-bond donors (Lipinski definition) is 3. The largest absolute Gasteiger partial charge is 0.464 e. The lowest BCUT2D eigenvalue weighted by molar-refractivity contribution is -0.148. The van der Waals surface area contributed by atoms with Crippen LogP contribution >= 0.6 is 11.8 Å². The summed E-state index contributed by atoms with van der Waals surface area (Å²) < 4.78 is 4.82. The first-order valence-electron chi connectivity index (χ1n) is 9.40. The van der Waals surface area contributed by atoms with Crippen LogP contribution in [-0.4, -0.2) is 59.1 Å². The van der Waals surface area contributed by atoms with Crippen molar-refractivity contribution >= 4 is 34.7 Å². The number of hydrogen-bond acceptors (Lipinski definition) is 7. The number of esters is 1. The third-order valence-electron chi connectivity index (χ3n) is 4.36. The second-order valence-corrected chi connectivity index (χ2v) is 7.74. The van der Waals surface area contributed by atoms with Gasteiger partial charge in [-0.2, -0.15) is 0 Å². The Morgan fingerprint density at radius 2 is 1.93 bits per heavy atom. The maximum Gasteiger partial charge on any atom is 0.331 e. The smallest absolute Gasteiger partial charge is 0.331 e. The average molecular weight is 403 g/mol. The molecule has 1 aliphatic rings. The van der Waals surface area contributed by atoms with Crippen molar-refractivity contribution < 1.29 is 29.0 Å². The molecule has 8 nitrogen and oxygen atoms in total. The summed E-state index contributed by atoms with van der Waals surface area (Å²) in [7, 11) is 0. The van der Waals surface area contributed by atoms with E-state index < -0.39 is 30.6 Å². The molecule has 3 N–H and O–H groups in total. The molecule has 1 rings (SSSR count). The topological polar surface area (TPSA) is 122 Å². The molecule has 0 aromatic heterocycles. The summed E-state index contributed by atoms with van der Waals surface area (Å²) in [5.74, 6) is -1.45. The van der Waals surface area contributed by atoms with E-state index in [2.05, 4.69) is 10.6 Å². The number of carbonyl (C=O) groups excluding carboxylic acids is 4. The zero-order valence-corrected chi connectivity index (χ0v) is 16.8. The highest BCUT2D eigenvalue weighted by atomic mass is 32.2. The zero-order chi connectivity index (χ0) is 20.2. The highest BCUT2D eigenvalue weighted by Crippen LogP contribution is 2.20. The van der Waals surface area contributed by atoms with Gasteiger partial charge in [-0.05, 0) is 19.8 Å². The Kier molecular flexibility index (Phi) is 11.0. The van der Waals surface area contributed by atoms with Gasteiger partial charge in [-0.3, -0.25) is 14.4 Å². The third kappa shape index (κ3) is 8.75. The Morgan fingerprint density at radius 3 is 2.52 bits per heavy atom. The van der Waals surface area contributed by atoms with E-state index in [1.54, 1.807) is 6.92 Å². The predicted molar refractivity (Wildman–Crippen MR) is 102 cm³/mol. The number of rotatable bonds is 7. The second-order valence-electron chi connectivity index (χ2n) is 6.55. The lowest BCUT2D eigenvalue weighted by Crippen LogP contribution is -2.54. The molecule has 3 atom stereocenters. The van der Waals surface area contributed by atoms with Gasteiger partial charge in [-0.1, -0.05) is 37.4 Å². The molecule has 0 unspecified atom stereocenters. The normalized spacial score (nSPS) is 22.3. The molecule has 2 amide bonds. The van der Waals surface area contributed by atoms with E-state index in [0.717, 1.165) is 37.4 Å². The Labute approximate surface area is 164 Å². The summed E-state index contributed by atoms with van der Waals surface area (Å²) in [5, 5.41) is 14.5. The number of ether oxygens (including phenoxy) is 1. The minimum atomic E-state index is -1.16. The summed E-state index contributed by atoms with van der Waals surface area (Å²) in [6, 6.07) is -1.95. The number of amides is 2. The van der Waals surface area contributed by atoms with Crippen molar-refractivity contribution in [1.29, 1.82) is 0 Å². The molecule has 27 heavy (non-hydrogen) atoms. The molecule has 1 fully saturated rings. The van der Waals surface area contributed by atoms with E-state index in [1.807, 2.05) is 0 Å². The Hall–Kier alpha value is -1.61. The summed E-state index contributed by atoms with van der Waals surface area (Å²) in [6.45, 7) is 2.66. The van der Waals surface area contributed by atoms with Crippen molar-refractivity contribution in [3.05, 3.63) is 0 Å². The van der Waals surface area contributed by atoms with Crippen LogP contribution in [0.3, 0.4) is 0 Å². The SMILES string of the molecule is CCOC(=O)[C@H](CO)NC(=O)[C@H]1CCCCCC[C@H](CSC(C)=O)C(=O)N1. The van der Waals surface area contributed by atoms with Gasteiger partial charge in [0, 0.05) is 18.6 Å². The van der Waals surface area contributed by atoms with E-state index in [9.17, 15) is 24.3 Å². The van der Waals surface area contributed by atoms with Crippen molar-refractivity contribution in [2.24, 2.45) is 5.92 Å². The second kappa shape index (κ2) is 12.7. The number of aliphatic hydroxyl groups excluding tert-OH is 1. The van der Waals surface area contributed by atoms with Gasteiger partial charge in [0.1, 0.15) is 6.04 Å². The fraction of sp³-hybridized carbons (Fsp3) is 0.778. The van der Waals surface area contributed by atoms with Crippen LogP contribution in [0.25, 0.3) is 0 Å². The molecule has 1 saturated heterocycles. The summed E-state index contributed by atoms with van der Waals surface area (Å²) in [4.78, 5) is 48.1. The summed E-state index contributed by atoms with van der Waals surface area (Å²) in [5.41, 5.74) is 0. The van der Waals surface area contributed by atoms with Crippen molar-refractivity contribution in [3.63, 3.8) is 0 Å². The Bertz CT molecular complexity index is 528. The molecule has 0 bridgehead atoms. The van der Waals surface area contributed by atoms with Crippen molar-refractivity contribution in [1.82, 2.24) is 10.6 Å². The molecule has 9 heteroatoms. The van der Waals surface area contributed by atoms with E-state index in [-0.39, 0.29) is 23.5 Å². The molecule has 1 heterocycles. The van der Waals surface area contributed by atoms with Crippen LogP contribution in [0, 0.1) is 5.92 Å². The fourth-order valence-electron chi connectivity index (χ4n) is 2.85. The third-order valence-corrected chi connectivity index (χ3v) is 5.33. The van der Waals surface area contributed by atoms with Gasteiger partial charge in [0.15, 0.2) is 11.2 Å². The number of thioether (sulfide) groups is 1. The molecular weight excluding hydrogens is 372 g/mol. The predicted octanol–water partition coefficient (Wildman–Crippen LogP) is 0.762. The summed E-state index contributed by atoms with van der Waals surface area (Å²) in [6.07, 6.45) is 4.70. The van der Waals surface area contributed by atoms with E-state index in [0.29, 0.717) is 18.6 Å². The first kappa shape index (κ1) is 23.4. The van der Waals surface area contributed by atoms with Crippen molar-refractivity contribution in [3.8, 4) is 0 Å². The van der Waals surface area contributed by atoms with Crippen LogP contribution in [0.1, 0.15) is 52.4 Å². The van der Waals surface area contributed by atoms with Crippen molar-refractivity contribution in [2.45, 2.75) is 64.5 Å². The zero-order valence-electron chi connectivity index (χ0n) is 16.0. The molecule has 154 valence electrons. The van der Waals surface area contributed by atoms with Gasteiger partial charge < -0.3 is 20.5 Å². The number of carbonyl (C=O) groups is 4. The fourth-order valence-corrected chi connectivity index (χ4v) is 3.61. The van der Waals surface area contributed by atoms with Gasteiger partial charge in [0.2, 0.25) is 11.8 Å². The minimum Gasteiger partial charge on any atom is -0.464 e. The number of nitrogens with one attached hydrogen (secondary N) is 2. The molecule has 0 radical (unpaired) electrons. The van der Waals surface area contributed by atoms with Gasteiger partial charge in [0.05, 0.1) is 13.2 Å². The van der Waals surface area contributed by atoms with Crippen LogP contribution in [0.4, 0.5) is 0 Å². The molecule has 1 aliphatic heterocycles. The van der Waals surface area contributed by atoms with Crippen LogP contribution in [-0.2, 0) is 23.9 Å². The molecular formula is C18H30N2O6S. The maximum atomic E-state index is 12.6. The number of aliphatic hydroxyl groups is 1. The Balaban J connectivity index is 2.77. The minimum absolute atomic E-state index is 0.0468. The van der Waals surface area contributed by atoms with E-state index in [1.165, 1.54) is 6.92 Å². The van der Waals surface area contributed by atoms with Gasteiger partial charge >= 0.3 is 5.97 Å². The molecule has 0 spiro atoms. The quantitative estimate of drug-likeness (QED) is 0.538. The Morgan fingerprint density at radius 1 is 1.26 bits per heavy atom. The van der Waals surface area contributed by atoms with Crippen LogP contribution < -0.4 is 10.6 Å². The highest BCUT2D eigenvalue weighted by Gasteiger charge is 2.29. The highest BCUT2D eigenvalue weighted by molar-refractivity contribution is 8.13. The van der Waals surface area contributed by atoms with E-state index in [4.69, 9.17) is 4.74 Å². The molecule has 0 aliphatic carbocycles. The first-order chi connectivity index (χ1) is 12.9. The standard InChI is InChI=1S/C18H30N2O6S/c1-3-26-18(25)15(10-21)20-17(24)14-9-7-5-4-6-8-13(16(23)19-14)11-27-12(2)22/h13-15,21H,3-11H2,1-2H3,(H,19,23)(H,20,24)/t13-,14-,15+/m1/s1. The summed E-state index contributed by atoms with van der Waals surface area (Å²) >= 11 is 1.11. The first-order valence-corrected chi connectivity index (χ1v) is 10.4. The van der Waals surface area contributed by atoms with Crippen LogP contribution in [0.2, 0.25) is 0 Å². The van der Waals surface area contributed by atoms with E-state index >= 15 is 0 Å². The van der Waals surface area contributed by atoms with Crippen LogP contribution in [0.5, 0.6) is 0 Å². The van der Waals surface area contributed by atoms with Crippen molar-refractivity contribution in [2.75, 3.05) is 19.0 Å². The molecule has 0 saturated carbocycles. The lowest BCUT2D eigenvalue weighted by Gasteiger charge is -2.25. The van der Waals surface area contributed by atoms with Gasteiger partial charge in [-0.25, -0.2) is 4.79 Å². The van der Waals surface area contributed by atoms with Crippen LogP contribution in [0.15, 0.2) is 0 Å². The monoisotopic (exact) mass is 402 g/mol. The van der Waals surface area contributed by atoms with Gasteiger partial charge in [0.25, 0.3) is 0 Å².